The number of rotatable bonds is 6. The van der Waals surface area contributed by atoms with Crippen LogP contribution in [0.5, 0.6) is 0 Å². The van der Waals surface area contributed by atoms with Gasteiger partial charge in [-0.3, -0.25) is 0 Å². The first kappa shape index (κ1) is 15.6. The lowest BCUT2D eigenvalue weighted by molar-refractivity contribution is 0.0606. The average Bonchev–Trinajstić information content (AvgIpc) is 2.81. The van der Waals surface area contributed by atoms with Gasteiger partial charge in [0.2, 0.25) is 0 Å². The summed E-state index contributed by atoms with van der Waals surface area (Å²) in [4.78, 5) is 12.8. The highest BCUT2D eigenvalue weighted by Gasteiger charge is 2.20. The van der Waals surface area contributed by atoms with Crippen LogP contribution >= 0.6 is 35.3 Å². The van der Waals surface area contributed by atoms with E-state index in [2.05, 4.69) is 6.92 Å². The standard InChI is InChI=1S/C12H17NO2S3/c1-4-5-8(13)10(16)7-6-9(11(14)15-2)18-12(7)17-3/h6,8H,4-5,13H2,1-3H3. The third-order valence-electron chi connectivity index (χ3n) is 2.47. The average molecular weight is 303 g/mol. The highest BCUT2D eigenvalue weighted by Crippen LogP contribution is 2.32. The topological polar surface area (TPSA) is 52.3 Å². The van der Waals surface area contributed by atoms with Gasteiger partial charge in [0.05, 0.1) is 11.3 Å². The summed E-state index contributed by atoms with van der Waals surface area (Å²) in [7, 11) is 1.38. The predicted molar refractivity (Wildman–Crippen MR) is 82.0 cm³/mol. The molecule has 0 saturated heterocycles. The Hall–Kier alpha value is -0.430. The molecule has 0 aliphatic carbocycles. The van der Waals surface area contributed by atoms with Crippen molar-refractivity contribution in [3.63, 3.8) is 0 Å². The fraction of sp³-hybridized carbons (Fsp3) is 0.500. The van der Waals surface area contributed by atoms with Gasteiger partial charge < -0.3 is 10.5 Å². The van der Waals surface area contributed by atoms with E-state index in [1.807, 2.05) is 6.26 Å². The second kappa shape index (κ2) is 7.23. The van der Waals surface area contributed by atoms with E-state index in [0.717, 1.165) is 27.5 Å². The zero-order valence-electron chi connectivity index (χ0n) is 10.7. The van der Waals surface area contributed by atoms with Gasteiger partial charge in [-0.1, -0.05) is 25.6 Å². The minimum Gasteiger partial charge on any atom is -0.465 e. The highest BCUT2D eigenvalue weighted by atomic mass is 32.2. The molecule has 0 aromatic carbocycles. The lowest BCUT2D eigenvalue weighted by atomic mass is 10.0. The zero-order valence-corrected chi connectivity index (χ0v) is 13.1. The molecule has 0 aliphatic rings. The molecule has 2 N–H and O–H groups in total. The van der Waals surface area contributed by atoms with Crippen LogP contribution in [-0.4, -0.2) is 30.2 Å². The van der Waals surface area contributed by atoms with Crippen molar-refractivity contribution in [1.29, 1.82) is 0 Å². The predicted octanol–water partition coefficient (Wildman–Crippen LogP) is 3.10. The molecule has 1 atom stereocenters. The van der Waals surface area contributed by atoms with E-state index >= 15 is 0 Å². The van der Waals surface area contributed by atoms with Crippen LogP contribution in [0.15, 0.2) is 10.3 Å². The molecule has 0 radical (unpaired) electrons. The molecule has 100 valence electrons. The number of thiophene rings is 1. The quantitative estimate of drug-likeness (QED) is 0.379. The van der Waals surface area contributed by atoms with Crippen molar-refractivity contribution in [3.05, 3.63) is 16.5 Å². The Kier molecular flexibility index (Phi) is 6.28. The third-order valence-corrected chi connectivity index (χ3v) is 5.24. The number of esters is 1. The third kappa shape index (κ3) is 3.54. The molecule has 1 rings (SSSR count). The normalized spacial score (nSPS) is 12.2. The highest BCUT2D eigenvalue weighted by molar-refractivity contribution is 8.00. The van der Waals surface area contributed by atoms with Gasteiger partial charge in [0, 0.05) is 16.5 Å². The number of thiocarbonyl (C=S) groups is 1. The Balaban J connectivity index is 3.04. The molecule has 0 bridgehead atoms. The number of thioether (sulfide) groups is 1. The second-order valence-electron chi connectivity index (χ2n) is 3.77. The van der Waals surface area contributed by atoms with E-state index < -0.39 is 0 Å². The minimum atomic E-state index is -0.326. The van der Waals surface area contributed by atoms with Crippen molar-refractivity contribution >= 4 is 46.2 Å². The summed E-state index contributed by atoms with van der Waals surface area (Å²) in [6.07, 6.45) is 3.81. The Morgan fingerprint density at radius 2 is 2.33 bits per heavy atom. The Morgan fingerprint density at radius 1 is 1.67 bits per heavy atom. The van der Waals surface area contributed by atoms with Crippen LogP contribution in [0.3, 0.4) is 0 Å². The largest absolute Gasteiger partial charge is 0.465 e. The fourth-order valence-electron chi connectivity index (χ4n) is 1.54. The fourth-order valence-corrected chi connectivity index (χ4v) is 3.76. The van der Waals surface area contributed by atoms with Crippen LogP contribution in [0.4, 0.5) is 0 Å². The van der Waals surface area contributed by atoms with Gasteiger partial charge in [0.1, 0.15) is 4.88 Å². The van der Waals surface area contributed by atoms with E-state index in [9.17, 15) is 4.79 Å². The summed E-state index contributed by atoms with van der Waals surface area (Å²) in [5, 5.41) is 0. The molecule has 1 aromatic rings. The molecule has 6 heteroatoms. The summed E-state index contributed by atoms with van der Waals surface area (Å²) in [6, 6.07) is 1.66. The Bertz CT molecular complexity index is 443. The smallest absolute Gasteiger partial charge is 0.348 e. The van der Waals surface area contributed by atoms with Crippen LogP contribution in [0.2, 0.25) is 0 Å². The lowest BCUT2D eigenvalue weighted by Gasteiger charge is -2.11. The van der Waals surface area contributed by atoms with E-state index in [1.165, 1.54) is 18.4 Å². The Morgan fingerprint density at radius 3 is 2.83 bits per heavy atom. The molecule has 18 heavy (non-hydrogen) atoms. The van der Waals surface area contributed by atoms with Crippen molar-refractivity contribution in [2.45, 2.75) is 30.0 Å². The molecule has 0 amide bonds. The summed E-state index contributed by atoms with van der Waals surface area (Å²) in [5.74, 6) is -0.326. The first-order valence-electron chi connectivity index (χ1n) is 5.61. The molecule has 0 aliphatic heterocycles. The molecular formula is C12H17NO2S3. The molecular weight excluding hydrogens is 286 g/mol. The SMILES string of the molecule is CCCC(N)C(=S)c1cc(C(=O)OC)sc1SC. The maximum Gasteiger partial charge on any atom is 0.348 e. The number of carbonyl (C=O) groups is 1. The number of hydrogen-bond acceptors (Lipinski definition) is 6. The number of carbonyl (C=O) groups excluding carboxylic acids is 1. The van der Waals surface area contributed by atoms with E-state index in [0.29, 0.717) is 4.88 Å². The maximum atomic E-state index is 11.5. The molecule has 3 nitrogen and oxygen atoms in total. The van der Waals surface area contributed by atoms with Gasteiger partial charge in [-0.15, -0.1) is 23.1 Å². The van der Waals surface area contributed by atoms with Crippen molar-refractivity contribution in [2.75, 3.05) is 13.4 Å². The zero-order chi connectivity index (χ0) is 13.7. The van der Waals surface area contributed by atoms with E-state index in [-0.39, 0.29) is 12.0 Å². The van der Waals surface area contributed by atoms with E-state index in [4.69, 9.17) is 22.7 Å². The number of nitrogens with two attached hydrogens (primary N) is 1. The minimum absolute atomic E-state index is 0.129. The summed E-state index contributed by atoms with van der Waals surface area (Å²) in [6.45, 7) is 2.07. The monoisotopic (exact) mass is 303 g/mol. The van der Waals surface area contributed by atoms with E-state index in [1.54, 1.807) is 17.8 Å². The van der Waals surface area contributed by atoms with Crippen LogP contribution < -0.4 is 5.73 Å². The Labute approximate surface area is 121 Å². The molecule has 1 unspecified atom stereocenters. The molecule has 1 aromatic heterocycles. The number of methoxy groups -OCH3 is 1. The van der Waals surface area contributed by atoms with Crippen molar-refractivity contribution in [2.24, 2.45) is 5.73 Å². The van der Waals surface area contributed by atoms with Crippen LogP contribution in [0.1, 0.15) is 35.0 Å². The first-order valence-corrected chi connectivity index (χ1v) is 8.06. The van der Waals surface area contributed by atoms with Crippen molar-refractivity contribution < 1.29 is 9.53 Å². The molecule has 0 spiro atoms. The summed E-state index contributed by atoms with van der Waals surface area (Å²) in [5.41, 5.74) is 6.95. The first-order chi connectivity index (χ1) is 8.54. The van der Waals surface area contributed by atoms with Gasteiger partial charge >= 0.3 is 5.97 Å². The number of ether oxygens (including phenoxy) is 1. The van der Waals surface area contributed by atoms with Crippen LogP contribution in [0, 0.1) is 0 Å². The summed E-state index contributed by atoms with van der Waals surface area (Å²) < 4.78 is 5.74. The van der Waals surface area contributed by atoms with Gasteiger partial charge in [-0.05, 0) is 18.7 Å². The van der Waals surface area contributed by atoms with Crippen molar-refractivity contribution in [3.8, 4) is 0 Å². The van der Waals surface area contributed by atoms with Gasteiger partial charge in [0.15, 0.2) is 0 Å². The van der Waals surface area contributed by atoms with Gasteiger partial charge in [-0.2, -0.15) is 0 Å². The molecule has 0 saturated carbocycles. The van der Waals surface area contributed by atoms with Gasteiger partial charge in [0.25, 0.3) is 0 Å². The lowest BCUT2D eigenvalue weighted by Crippen LogP contribution is -2.29. The maximum absolute atomic E-state index is 11.5. The molecule has 0 fully saturated rings. The van der Waals surface area contributed by atoms with Crippen molar-refractivity contribution in [1.82, 2.24) is 0 Å². The molecule has 1 heterocycles. The van der Waals surface area contributed by atoms with Gasteiger partial charge in [-0.25, -0.2) is 4.79 Å². The summed E-state index contributed by atoms with van der Waals surface area (Å²) >= 11 is 8.39. The van der Waals surface area contributed by atoms with Crippen LogP contribution in [0.25, 0.3) is 0 Å². The second-order valence-corrected chi connectivity index (χ2v) is 6.33. The number of hydrogen-bond donors (Lipinski definition) is 1. The van der Waals surface area contributed by atoms with Crippen LogP contribution in [-0.2, 0) is 4.74 Å².